The zero-order chi connectivity index (χ0) is 19.2. The van der Waals surface area contributed by atoms with Crippen molar-refractivity contribution in [3.8, 4) is 0 Å². The number of hydrogen-bond acceptors (Lipinski definition) is 2. The molecule has 0 fully saturated rings. The molecule has 2 atom stereocenters. The number of rotatable bonds is 5. The van der Waals surface area contributed by atoms with Gasteiger partial charge in [-0.15, -0.1) is 0 Å². The molecule has 0 aliphatic rings. The van der Waals surface area contributed by atoms with Gasteiger partial charge in [0.05, 0.1) is 7.05 Å². The minimum Gasteiger partial charge on any atom is -0.341 e. The van der Waals surface area contributed by atoms with Gasteiger partial charge >= 0.3 is 6.03 Å². The molecule has 0 radical (unpaired) electrons. The van der Waals surface area contributed by atoms with E-state index in [1.165, 1.54) is 17.8 Å². The van der Waals surface area contributed by atoms with Gasteiger partial charge in [0.1, 0.15) is 6.54 Å². The summed E-state index contributed by atoms with van der Waals surface area (Å²) in [7, 11) is 3.46. The number of urea groups is 1. The summed E-state index contributed by atoms with van der Waals surface area (Å²) in [4.78, 5) is 25.4. The lowest BCUT2D eigenvalue weighted by Gasteiger charge is -2.24. The molecule has 1 unspecified atom stereocenters. The lowest BCUT2D eigenvalue weighted by Crippen LogP contribution is -3.09. The van der Waals surface area contributed by atoms with Crippen molar-refractivity contribution < 1.29 is 14.5 Å². The Balaban J connectivity index is 1.86. The van der Waals surface area contributed by atoms with E-state index >= 15 is 0 Å². The number of amides is 3. The summed E-state index contributed by atoms with van der Waals surface area (Å²) in [6.07, 6.45) is 0. The third-order valence-corrected chi connectivity index (χ3v) is 4.65. The highest BCUT2D eigenvalue weighted by atomic mass is 16.2. The van der Waals surface area contributed by atoms with E-state index in [-0.39, 0.29) is 5.91 Å². The Morgan fingerprint density at radius 3 is 2.30 bits per heavy atom. The van der Waals surface area contributed by atoms with Crippen LogP contribution in [0.15, 0.2) is 72.8 Å². The number of carbonyl (C=O) groups excluding carboxylic acids is 2. The first-order valence-corrected chi connectivity index (χ1v) is 8.96. The van der Waals surface area contributed by atoms with Crippen LogP contribution in [0, 0.1) is 0 Å². The average Bonchev–Trinajstić information content (AvgIpc) is 2.68. The lowest BCUT2D eigenvalue weighted by molar-refractivity contribution is -0.916. The minimum absolute atomic E-state index is 0.321. The van der Waals surface area contributed by atoms with Crippen molar-refractivity contribution in [2.75, 3.05) is 14.1 Å². The van der Waals surface area contributed by atoms with Crippen LogP contribution in [0.25, 0.3) is 10.8 Å². The number of benzene rings is 3. The van der Waals surface area contributed by atoms with Gasteiger partial charge < -0.3 is 10.2 Å². The summed E-state index contributed by atoms with van der Waals surface area (Å²) < 4.78 is 0. The topological polar surface area (TPSA) is 62.6 Å². The van der Waals surface area contributed by atoms with Gasteiger partial charge in [0.25, 0.3) is 5.91 Å². The Hall–Kier alpha value is -3.18. The second-order valence-electron chi connectivity index (χ2n) is 6.62. The van der Waals surface area contributed by atoms with Gasteiger partial charge in [0.15, 0.2) is 6.04 Å². The number of hydrogen-bond donors (Lipinski definition) is 3. The molecule has 0 bridgehead atoms. The molecule has 0 spiro atoms. The van der Waals surface area contributed by atoms with E-state index in [4.69, 9.17) is 0 Å². The highest BCUT2D eigenvalue weighted by Crippen LogP contribution is 2.16. The second-order valence-corrected chi connectivity index (χ2v) is 6.62. The molecule has 0 saturated heterocycles. The van der Waals surface area contributed by atoms with Crippen molar-refractivity contribution in [3.63, 3.8) is 0 Å². The minimum atomic E-state index is -0.501. The van der Waals surface area contributed by atoms with Gasteiger partial charge in [-0.05, 0) is 16.8 Å². The van der Waals surface area contributed by atoms with Gasteiger partial charge in [-0.3, -0.25) is 10.1 Å². The SMILES string of the molecule is CNC(=O)NC(=O)[C@H](c1ccccc1)[NH+](C)Cc1ccc2ccccc2c1. The number of likely N-dealkylation sites (N-methyl/N-ethyl adjacent to an activating group) is 1. The first-order chi connectivity index (χ1) is 13.1. The van der Waals surface area contributed by atoms with Crippen LogP contribution in [0.4, 0.5) is 4.79 Å². The molecular formula is C22H24N3O2+. The Labute approximate surface area is 159 Å². The first kappa shape index (κ1) is 18.6. The van der Waals surface area contributed by atoms with Gasteiger partial charge in [-0.1, -0.05) is 66.7 Å². The maximum atomic E-state index is 12.8. The highest BCUT2D eigenvalue weighted by Gasteiger charge is 2.30. The fourth-order valence-electron chi connectivity index (χ4n) is 3.32. The van der Waals surface area contributed by atoms with Crippen molar-refractivity contribution in [2.45, 2.75) is 12.6 Å². The van der Waals surface area contributed by atoms with Crippen LogP contribution in [-0.2, 0) is 11.3 Å². The third-order valence-electron chi connectivity index (χ3n) is 4.65. The highest BCUT2D eigenvalue weighted by molar-refractivity contribution is 5.96. The van der Waals surface area contributed by atoms with Crippen molar-refractivity contribution in [1.82, 2.24) is 10.6 Å². The van der Waals surface area contributed by atoms with Crippen molar-refractivity contribution in [1.29, 1.82) is 0 Å². The molecular weight excluding hydrogens is 338 g/mol. The van der Waals surface area contributed by atoms with Crippen LogP contribution in [0.1, 0.15) is 17.2 Å². The smallest absolute Gasteiger partial charge is 0.321 e. The molecule has 0 aromatic heterocycles. The molecule has 138 valence electrons. The largest absolute Gasteiger partial charge is 0.341 e. The van der Waals surface area contributed by atoms with Crippen LogP contribution < -0.4 is 15.5 Å². The standard InChI is InChI=1S/C22H23N3O2/c1-23-22(27)24-21(26)20(18-9-4-3-5-10-18)25(2)15-16-12-13-17-8-6-7-11-19(17)14-16/h3-14,20H,15H2,1-2H3,(H2,23,24,26,27)/p+1/t20-/m0/s1. The van der Waals surface area contributed by atoms with E-state index < -0.39 is 12.1 Å². The van der Waals surface area contributed by atoms with Gasteiger partial charge in [0.2, 0.25) is 0 Å². The molecule has 0 heterocycles. The van der Waals surface area contributed by atoms with E-state index in [1.807, 2.05) is 49.5 Å². The van der Waals surface area contributed by atoms with Crippen molar-refractivity contribution in [2.24, 2.45) is 0 Å². The van der Waals surface area contributed by atoms with E-state index in [0.29, 0.717) is 6.54 Å². The number of nitrogens with one attached hydrogen (secondary N) is 3. The van der Waals surface area contributed by atoms with Crippen LogP contribution in [0.5, 0.6) is 0 Å². The first-order valence-electron chi connectivity index (χ1n) is 8.96. The molecule has 5 nitrogen and oxygen atoms in total. The van der Waals surface area contributed by atoms with E-state index in [9.17, 15) is 9.59 Å². The monoisotopic (exact) mass is 362 g/mol. The maximum absolute atomic E-state index is 12.8. The summed E-state index contributed by atoms with van der Waals surface area (Å²) >= 11 is 0. The van der Waals surface area contributed by atoms with E-state index in [0.717, 1.165) is 16.0 Å². The lowest BCUT2D eigenvalue weighted by atomic mass is 10.0. The van der Waals surface area contributed by atoms with E-state index in [1.54, 1.807) is 0 Å². The van der Waals surface area contributed by atoms with E-state index in [2.05, 4.69) is 41.0 Å². The van der Waals surface area contributed by atoms with Crippen LogP contribution >= 0.6 is 0 Å². The Bertz CT molecular complexity index is 940. The molecule has 3 amide bonds. The van der Waals surface area contributed by atoms with Crippen molar-refractivity contribution >= 4 is 22.7 Å². The van der Waals surface area contributed by atoms with Gasteiger partial charge in [-0.25, -0.2) is 4.79 Å². The summed E-state index contributed by atoms with van der Waals surface area (Å²) in [6.45, 7) is 0.658. The maximum Gasteiger partial charge on any atom is 0.321 e. The molecule has 0 saturated carbocycles. The van der Waals surface area contributed by atoms with Crippen LogP contribution in [0.2, 0.25) is 0 Å². The fraction of sp³-hybridized carbons (Fsp3) is 0.182. The zero-order valence-electron chi connectivity index (χ0n) is 15.5. The summed E-state index contributed by atoms with van der Waals surface area (Å²) in [5.41, 5.74) is 2.01. The normalized spacial score (nSPS) is 13.0. The quantitative estimate of drug-likeness (QED) is 0.651. The van der Waals surface area contributed by atoms with Gasteiger partial charge in [0, 0.05) is 18.2 Å². The zero-order valence-corrected chi connectivity index (χ0v) is 15.5. The second kappa shape index (κ2) is 8.47. The predicted octanol–water partition coefficient (Wildman–Crippen LogP) is 2.05. The number of quaternary nitrogens is 1. The Morgan fingerprint density at radius 2 is 1.59 bits per heavy atom. The predicted molar refractivity (Wildman–Crippen MR) is 106 cm³/mol. The average molecular weight is 362 g/mol. The van der Waals surface area contributed by atoms with Gasteiger partial charge in [-0.2, -0.15) is 0 Å². The number of fused-ring (bicyclic) bond motifs is 1. The number of imide groups is 1. The Morgan fingerprint density at radius 1 is 0.926 bits per heavy atom. The molecule has 3 rings (SSSR count). The summed E-state index contributed by atoms with van der Waals surface area (Å²) in [5, 5.41) is 7.21. The number of carbonyl (C=O) groups is 2. The molecule has 3 aromatic rings. The molecule has 3 N–H and O–H groups in total. The third kappa shape index (κ3) is 4.51. The van der Waals surface area contributed by atoms with Crippen LogP contribution in [-0.4, -0.2) is 26.0 Å². The van der Waals surface area contributed by atoms with Crippen LogP contribution in [0.3, 0.4) is 0 Å². The fourth-order valence-corrected chi connectivity index (χ4v) is 3.32. The molecule has 27 heavy (non-hydrogen) atoms. The van der Waals surface area contributed by atoms with Crippen molar-refractivity contribution in [3.05, 3.63) is 83.9 Å². The summed E-state index contributed by atoms with van der Waals surface area (Å²) in [6, 6.07) is 23.1. The Kier molecular flexibility index (Phi) is 5.84. The molecule has 0 aliphatic carbocycles. The molecule has 0 aliphatic heterocycles. The molecule has 5 heteroatoms. The summed E-state index contributed by atoms with van der Waals surface area (Å²) in [5.74, 6) is -0.321. The molecule has 3 aromatic carbocycles.